The van der Waals surface area contributed by atoms with Crippen molar-refractivity contribution >= 4 is 52.9 Å². The van der Waals surface area contributed by atoms with Crippen LogP contribution >= 0.6 is 0 Å². The molecule has 0 spiro atoms. The Bertz CT molecular complexity index is 2370. The van der Waals surface area contributed by atoms with E-state index in [0.29, 0.717) is 84.5 Å². The van der Waals surface area contributed by atoms with Gasteiger partial charge in [0.05, 0.1) is 48.8 Å². The number of ketones is 2. The molecule has 7 amide bonds. The fourth-order valence-corrected chi connectivity index (χ4v) is 13.3. The van der Waals surface area contributed by atoms with Crippen LogP contribution in [0.1, 0.15) is 143 Å². The summed E-state index contributed by atoms with van der Waals surface area (Å²) < 4.78 is 12.3. The molecule has 6 rings (SSSR count). The number of imide groups is 1. The number of likely N-dealkylation sites (tertiary alicyclic amines) is 1. The van der Waals surface area contributed by atoms with E-state index in [1.807, 2.05) is 95.6 Å². The van der Waals surface area contributed by atoms with E-state index in [1.165, 1.54) is 17.2 Å². The second-order valence-electron chi connectivity index (χ2n) is 24.3. The molecular weight excluding hydrogens is 1030 g/mol. The highest BCUT2D eigenvalue weighted by Gasteiger charge is 2.63. The van der Waals surface area contributed by atoms with Gasteiger partial charge in [0.2, 0.25) is 23.6 Å². The van der Waals surface area contributed by atoms with Gasteiger partial charge in [0, 0.05) is 117 Å². The zero-order valence-corrected chi connectivity index (χ0v) is 50.5. The zero-order chi connectivity index (χ0) is 59.3. The predicted octanol–water partition coefficient (Wildman–Crippen LogP) is 5.94. The Balaban J connectivity index is 1.03. The minimum absolute atomic E-state index is 0.0123. The Morgan fingerprint density at radius 1 is 0.741 bits per heavy atom. The van der Waals surface area contributed by atoms with Gasteiger partial charge in [-0.3, -0.25) is 57.8 Å². The number of carbonyl (C=O) groups excluding carboxylic acids is 9. The maximum atomic E-state index is 14.9. The van der Waals surface area contributed by atoms with Crippen LogP contribution in [0.15, 0.2) is 42.5 Å². The van der Waals surface area contributed by atoms with E-state index in [0.717, 1.165) is 29.7 Å². The average molecular weight is 1130 g/mol. The van der Waals surface area contributed by atoms with Gasteiger partial charge in [0.25, 0.3) is 17.7 Å². The Morgan fingerprint density at radius 2 is 1.37 bits per heavy atom. The third-order valence-corrected chi connectivity index (χ3v) is 18.3. The van der Waals surface area contributed by atoms with Crippen molar-refractivity contribution in [3.05, 3.63) is 48.0 Å². The van der Waals surface area contributed by atoms with Crippen molar-refractivity contribution in [1.82, 2.24) is 34.5 Å². The minimum atomic E-state index is -0.915. The summed E-state index contributed by atoms with van der Waals surface area (Å²) in [5.41, 5.74) is 0.107. The highest BCUT2D eigenvalue weighted by atomic mass is 16.7. The molecule has 19 heteroatoms. The average Bonchev–Trinajstić information content (AvgIpc) is 3.71. The summed E-state index contributed by atoms with van der Waals surface area (Å²) in [6.45, 7) is 17.6. The molecule has 450 valence electrons. The van der Waals surface area contributed by atoms with Crippen molar-refractivity contribution in [3.8, 4) is 0 Å². The molecule has 4 heterocycles. The topological polar surface area (TPSA) is 204 Å². The lowest BCUT2D eigenvalue weighted by atomic mass is 9.83. The van der Waals surface area contributed by atoms with E-state index in [9.17, 15) is 43.2 Å². The number of Topliss-reactive ketones (excluding diaryl/α,β-unsaturated/α-hetero) is 2. The van der Waals surface area contributed by atoms with Gasteiger partial charge in [-0.25, -0.2) is 5.06 Å². The van der Waals surface area contributed by atoms with Crippen LogP contribution in [0.5, 0.6) is 0 Å². The first kappa shape index (κ1) is 64.8. The van der Waals surface area contributed by atoms with E-state index in [1.54, 1.807) is 36.0 Å². The lowest BCUT2D eigenvalue weighted by Gasteiger charge is -2.41. The maximum Gasteiger partial charge on any atom is 0.253 e. The summed E-state index contributed by atoms with van der Waals surface area (Å²) in [6.07, 6.45) is 6.91. The zero-order valence-electron chi connectivity index (χ0n) is 50.5. The van der Waals surface area contributed by atoms with Crippen LogP contribution in [0.3, 0.4) is 0 Å². The van der Waals surface area contributed by atoms with Gasteiger partial charge in [-0.05, 0) is 87.8 Å². The lowest BCUT2D eigenvalue weighted by molar-refractivity contribution is -0.203. The molecule has 3 saturated heterocycles. The SMILES string of the molecule is CC[C@H](C)[C@@H]([C@@H](CC(=O)N1CCC[C@H]1[C@H](OC)[C@@H](C)C(=O)C[C@@]1(C(=O)N2CCCCO2)C[C@@H]1c1ccccc1)OC)N(C)C(=O)[C@@H](CC(=O)[C@H](C(C)C)N(C)CCCC(=O)N1CCN(C(=O)CCCN2C(=O)C=CC2=O)CC1)C(C)C. The first-order chi connectivity index (χ1) is 38.6. The largest absolute Gasteiger partial charge is 0.379 e. The number of benzene rings is 1. The maximum absolute atomic E-state index is 14.9. The molecule has 1 aliphatic carbocycles. The summed E-state index contributed by atoms with van der Waals surface area (Å²) in [5.74, 6) is -3.18. The number of rotatable bonds is 30. The van der Waals surface area contributed by atoms with Gasteiger partial charge in [0.15, 0.2) is 5.78 Å². The fourth-order valence-electron chi connectivity index (χ4n) is 13.3. The molecule has 4 fully saturated rings. The molecule has 0 unspecified atom stereocenters. The Hall–Kier alpha value is -5.37. The van der Waals surface area contributed by atoms with Gasteiger partial charge in [-0.2, -0.15) is 0 Å². The van der Waals surface area contributed by atoms with Crippen molar-refractivity contribution in [2.75, 3.05) is 87.3 Å². The van der Waals surface area contributed by atoms with Gasteiger partial charge >= 0.3 is 0 Å². The number of methoxy groups -OCH3 is 2. The van der Waals surface area contributed by atoms with Crippen molar-refractivity contribution in [2.24, 2.45) is 35.0 Å². The van der Waals surface area contributed by atoms with E-state index in [2.05, 4.69) is 0 Å². The molecule has 1 aromatic carbocycles. The number of piperazine rings is 1. The first-order valence-electron chi connectivity index (χ1n) is 30.1. The van der Waals surface area contributed by atoms with E-state index in [-0.39, 0.29) is 115 Å². The van der Waals surface area contributed by atoms with E-state index < -0.39 is 47.6 Å². The van der Waals surface area contributed by atoms with Crippen LogP contribution in [0.25, 0.3) is 0 Å². The first-order valence-corrected chi connectivity index (χ1v) is 30.1. The van der Waals surface area contributed by atoms with Crippen LogP contribution in [-0.2, 0) is 57.5 Å². The summed E-state index contributed by atoms with van der Waals surface area (Å²) >= 11 is 0. The number of carbonyl (C=O) groups is 9. The van der Waals surface area contributed by atoms with Gasteiger partial charge in [-0.15, -0.1) is 0 Å². The van der Waals surface area contributed by atoms with Crippen molar-refractivity contribution in [3.63, 3.8) is 0 Å². The van der Waals surface area contributed by atoms with Crippen LogP contribution in [0.2, 0.25) is 0 Å². The lowest BCUT2D eigenvalue weighted by Crippen LogP contribution is -2.54. The van der Waals surface area contributed by atoms with Crippen LogP contribution < -0.4 is 0 Å². The van der Waals surface area contributed by atoms with Crippen molar-refractivity contribution in [1.29, 1.82) is 0 Å². The van der Waals surface area contributed by atoms with Gasteiger partial charge in [0.1, 0.15) is 5.78 Å². The summed E-state index contributed by atoms with van der Waals surface area (Å²) in [7, 11) is 6.78. The van der Waals surface area contributed by atoms with Crippen molar-refractivity contribution in [2.45, 2.75) is 168 Å². The number of likely N-dealkylation sites (N-methyl/N-ethyl adjacent to an activating group) is 2. The number of ether oxygens (including phenoxy) is 2. The fraction of sp³-hybridized carbons (Fsp3) is 0.726. The van der Waals surface area contributed by atoms with Crippen LogP contribution in [-0.4, -0.2) is 205 Å². The number of hydrogen-bond donors (Lipinski definition) is 0. The predicted molar refractivity (Wildman–Crippen MR) is 306 cm³/mol. The molecule has 0 radical (unpaired) electrons. The molecule has 4 aliphatic heterocycles. The van der Waals surface area contributed by atoms with E-state index in [4.69, 9.17) is 14.3 Å². The molecule has 0 bridgehead atoms. The molecule has 0 aromatic heterocycles. The summed E-state index contributed by atoms with van der Waals surface area (Å²) in [5, 5.41) is 1.47. The number of hydrogen-bond acceptors (Lipinski definition) is 13. The Kier molecular flexibility index (Phi) is 23.8. The quantitative estimate of drug-likeness (QED) is 0.0820. The normalized spacial score (nSPS) is 23.0. The van der Waals surface area contributed by atoms with Crippen molar-refractivity contribution < 1.29 is 57.5 Å². The smallest absolute Gasteiger partial charge is 0.253 e. The molecular formula is C62H95N7O12. The molecule has 19 nitrogen and oxygen atoms in total. The number of nitrogens with zero attached hydrogens (tertiary/aromatic N) is 7. The highest BCUT2D eigenvalue weighted by Crippen LogP contribution is 2.63. The highest BCUT2D eigenvalue weighted by molar-refractivity contribution is 6.12. The molecule has 10 atom stereocenters. The monoisotopic (exact) mass is 1130 g/mol. The molecule has 1 saturated carbocycles. The number of amides is 7. The second-order valence-corrected chi connectivity index (χ2v) is 24.3. The minimum Gasteiger partial charge on any atom is -0.379 e. The Morgan fingerprint density at radius 3 is 1.93 bits per heavy atom. The summed E-state index contributed by atoms with van der Waals surface area (Å²) in [4.78, 5) is 139. The third-order valence-electron chi connectivity index (χ3n) is 18.3. The van der Waals surface area contributed by atoms with Gasteiger partial charge in [-0.1, -0.05) is 85.2 Å². The molecule has 5 aliphatic rings. The third kappa shape index (κ3) is 15.8. The molecule has 1 aromatic rings. The second kappa shape index (κ2) is 29.7. The Labute approximate surface area is 481 Å². The summed E-state index contributed by atoms with van der Waals surface area (Å²) in [6, 6.07) is 8.47. The number of hydroxylamine groups is 2. The van der Waals surface area contributed by atoms with Crippen LogP contribution in [0, 0.1) is 35.0 Å². The van der Waals surface area contributed by atoms with Gasteiger partial charge < -0.3 is 29.1 Å². The van der Waals surface area contributed by atoms with Crippen LogP contribution in [0.4, 0.5) is 0 Å². The standard InChI is InChI=1S/C62H95N7O12/c1-12-43(6)58(51(79-10)38-56(76)67-29-18-23-48(67)59(80-11)44(7)50(71)40-62(61(78)69-31-16-17-36-81-69)39-47(62)45-21-14-13-15-22-45)64(9)60(77)46(41(2)3)37-49(70)57(42(4)5)63(8)28-19-24-52(72)65-32-34-66(35-33-65)53(73)25-20-30-68-54(74)26-27-55(68)75/h13-15,21-22,26-27,41-44,46-48,51,57-59H,12,16-20,23-25,28-40H2,1-11H3/t43-,44-,46-,47+,48-,51+,57-,58-,59+,62-/m0/s1. The van der Waals surface area contributed by atoms with E-state index >= 15 is 0 Å². The molecule has 0 N–H and O–H groups in total. The molecule has 81 heavy (non-hydrogen) atoms.